The van der Waals surface area contributed by atoms with Gasteiger partial charge in [-0.1, -0.05) is 17.7 Å². The van der Waals surface area contributed by atoms with E-state index >= 15 is 0 Å². The van der Waals surface area contributed by atoms with Crippen molar-refractivity contribution in [1.82, 2.24) is 5.32 Å². The second kappa shape index (κ2) is 10.3. The number of carbonyl (C=O) groups excluding carboxylic acids is 1. The van der Waals surface area contributed by atoms with Crippen molar-refractivity contribution >= 4 is 29.3 Å². The van der Waals surface area contributed by atoms with Crippen LogP contribution in [0.1, 0.15) is 26.3 Å². The summed E-state index contributed by atoms with van der Waals surface area (Å²) in [6, 6.07) is 13.2. The fourth-order valence-electron chi connectivity index (χ4n) is 2.31. The first kappa shape index (κ1) is 20.5. The second-order valence-electron chi connectivity index (χ2n) is 5.58. The number of ether oxygens (including phenoxy) is 2. The lowest BCUT2D eigenvalue weighted by atomic mass is 10.2. The number of amides is 1. The molecule has 0 saturated carbocycles. The molecule has 2 aromatic carbocycles. The number of carbonyl (C=O) groups is 1. The number of rotatable bonds is 9. The molecule has 0 aromatic heterocycles. The molecule has 1 N–H and O–H groups in total. The lowest BCUT2D eigenvalue weighted by Crippen LogP contribution is -2.30. The summed E-state index contributed by atoms with van der Waals surface area (Å²) < 4.78 is 11.2. The summed E-state index contributed by atoms with van der Waals surface area (Å²) in [4.78, 5) is 13.4. The van der Waals surface area contributed by atoms with Crippen molar-refractivity contribution in [3.63, 3.8) is 0 Å². The molecule has 2 aromatic rings. The summed E-state index contributed by atoms with van der Waals surface area (Å²) in [5.41, 5.74) is 0.967. The maximum absolute atomic E-state index is 12.4. The number of thioether (sulfide) groups is 1. The lowest BCUT2D eigenvalue weighted by molar-refractivity contribution is -0.120. The molecule has 0 aliphatic heterocycles. The van der Waals surface area contributed by atoms with Crippen molar-refractivity contribution in [3.8, 4) is 11.5 Å². The number of hydrogen-bond donors (Lipinski definition) is 1. The van der Waals surface area contributed by atoms with Gasteiger partial charge in [-0.15, -0.1) is 11.8 Å². The second-order valence-corrected chi connectivity index (χ2v) is 7.43. The van der Waals surface area contributed by atoms with Crippen LogP contribution in [-0.2, 0) is 11.3 Å². The Bertz CT molecular complexity index is 721. The number of halogens is 1. The SMILES string of the molecule is CCOc1ccc(CNC(=O)[C@@H](C)Sc2ccc(Cl)cc2)cc1OCC. The number of nitrogens with one attached hydrogen (secondary N) is 1. The third-order valence-corrected chi connectivity index (χ3v) is 4.93. The van der Waals surface area contributed by atoms with Crippen molar-refractivity contribution < 1.29 is 14.3 Å². The minimum atomic E-state index is -0.203. The Morgan fingerprint density at radius 2 is 1.73 bits per heavy atom. The van der Waals surface area contributed by atoms with E-state index in [9.17, 15) is 4.79 Å². The first-order valence-corrected chi connectivity index (χ1v) is 9.87. The van der Waals surface area contributed by atoms with Crippen LogP contribution in [0.5, 0.6) is 11.5 Å². The summed E-state index contributed by atoms with van der Waals surface area (Å²) >= 11 is 7.39. The van der Waals surface area contributed by atoms with Gasteiger partial charge in [0.15, 0.2) is 11.5 Å². The minimum Gasteiger partial charge on any atom is -0.490 e. The van der Waals surface area contributed by atoms with E-state index in [2.05, 4.69) is 5.32 Å². The summed E-state index contributed by atoms with van der Waals surface area (Å²) in [6.07, 6.45) is 0. The molecule has 0 unspecified atom stereocenters. The minimum absolute atomic E-state index is 0.0169. The topological polar surface area (TPSA) is 47.6 Å². The van der Waals surface area contributed by atoms with Gasteiger partial charge in [0.1, 0.15) is 0 Å². The van der Waals surface area contributed by atoms with Crippen molar-refractivity contribution in [2.45, 2.75) is 37.5 Å². The van der Waals surface area contributed by atoms with Crippen LogP contribution in [0.15, 0.2) is 47.4 Å². The molecule has 4 nitrogen and oxygen atoms in total. The van der Waals surface area contributed by atoms with Crippen molar-refractivity contribution in [3.05, 3.63) is 53.1 Å². The van der Waals surface area contributed by atoms with Gasteiger partial charge in [0.2, 0.25) is 5.91 Å². The van der Waals surface area contributed by atoms with Crippen LogP contribution in [0.2, 0.25) is 5.02 Å². The van der Waals surface area contributed by atoms with Gasteiger partial charge in [0, 0.05) is 16.5 Å². The van der Waals surface area contributed by atoms with E-state index in [-0.39, 0.29) is 11.2 Å². The van der Waals surface area contributed by atoms with Crippen LogP contribution in [-0.4, -0.2) is 24.4 Å². The Hall–Kier alpha value is -1.85. The zero-order valence-electron chi connectivity index (χ0n) is 15.3. The lowest BCUT2D eigenvalue weighted by Gasteiger charge is -2.14. The predicted molar refractivity (Wildman–Crippen MR) is 107 cm³/mol. The molecule has 1 atom stereocenters. The molecule has 6 heteroatoms. The van der Waals surface area contributed by atoms with E-state index in [1.807, 2.05) is 63.2 Å². The Balaban J connectivity index is 1.93. The maximum atomic E-state index is 12.4. The first-order valence-electron chi connectivity index (χ1n) is 8.62. The van der Waals surface area contributed by atoms with Crippen molar-refractivity contribution in [1.29, 1.82) is 0 Å². The molecule has 1 amide bonds. The zero-order valence-corrected chi connectivity index (χ0v) is 16.8. The van der Waals surface area contributed by atoms with E-state index < -0.39 is 0 Å². The van der Waals surface area contributed by atoms with Crippen molar-refractivity contribution in [2.24, 2.45) is 0 Å². The normalized spacial score (nSPS) is 11.7. The van der Waals surface area contributed by atoms with E-state index in [1.165, 1.54) is 11.8 Å². The van der Waals surface area contributed by atoms with E-state index in [0.717, 1.165) is 16.2 Å². The largest absolute Gasteiger partial charge is 0.490 e. The summed E-state index contributed by atoms with van der Waals surface area (Å²) in [5, 5.41) is 3.45. The molecule has 0 aliphatic carbocycles. The van der Waals surface area contributed by atoms with Gasteiger partial charge in [0.05, 0.1) is 18.5 Å². The fraction of sp³-hybridized carbons (Fsp3) is 0.350. The molecule has 0 radical (unpaired) electrons. The van der Waals surface area contributed by atoms with Gasteiger partial charge in [-0.25, -0.2) is 0 Å². The molecule has 0 saturated heterocycles. The van der Waals surface area contributed by atoms with E-state index in [0.29, 0.717) is 30.5 Å². The molecule has 140 valence electrons. The standard InChI is InChI=1S/C20H24ClNO3S/c1-4-24-18-11-6-15(12-19(18)25-5-2)13-22-20(23)14(3)26-17-9-7-16(21)8-10-17/h6-12,14H,4-5,13H2,1-3H3,(H,22,23)/t14-/m1/s1. The average molecular weight is 394 g/mol. The molecular weight excluding hydrogens is 370 g/mol. The van der Waals surface area contributed by atoms with Gasteiger partial charge in [-0.2, -0.15) is 0 Å². The monoisotopic (exact) mass is 393 g/mol. The maximum Gasteiger partial charge on any atom is 0.233 e. The summed E-state index contributed by atoms with van der Waals surface area (Å²) in [6.45, 7) is 7.33. The van der Waals surface area contributed by atoms with Crippen LogP contribution >= 0.6 is 23.4 Å². The van der Waals surface area contributed by atoms with Crippen LogP contribution < -0.4 is 14.8 Å². The molecule has 2 rings (SSSR count). The van der Waals surface area contributed by atoms with Crippen LogP contribution in [0, 0.1) is 0 Å². The van der Waals surface area contributed by atoms with Crippen LogP contribution in [0.3, 0.4) is 0 Å². The predicted octanol–water partition coefficient (Wildman–Crippen LogP) is 4.93. The molecule has 0 aliphatic rings. The Kier molecular flexibility index (Phi) is 8.13. The van der Waals surface area contributed by atoms with Gasteiger partial charge in [-0.05, 0) is 62.7 Å². The number of benzene rings is 2. The third kappa shape index (κ3) is 6.15. The highest BCUT2D eigenvalue weighted by Crippen LogP contribution is 2.29. The Labute approximate surface area is 164 Å². The van der Waals surface area contributed by atoms with Gasteiger partial charge in [0.25, 0.3) is 0 Å². The molecular formula is C20H24ClNO3S. The average Bonchev–Trinajstić information content (AvgIpc) is 2.63. The Morgan fingerprint density at radius 1 is 1.08 bits per heavy atom. The highest BCUT2D eigenvalue weighted by molar-refractivity contribution is 8.00. The summed E-state index contributed by atoms with van der Waals surface area (Å²) in [5.74, 6) is 1.40. The molecule has 0 spiro atoms. The Morgan fingerprint density at radius 3 is 2.38 bits per heavy atom. The number of hydrogen-bond acceptors (Lipinski definition) is 4. The third-order valence-electron chi connectivity index (χ3n) is 3.57. The van der Waals surface area contributed by atoms with Gasteiger partial charge >= 0.3 is 0 Å². The van der Waals surface area contributed by atoms with Crippen LogP contribution in [0.4, 0.5) is 0 Å². The highest BCUT2D eigenvalue weighted by atomic mass is 35.5. The quantitative estimate of drug-likeness (QED) is 0.613. The molecule has 26 heavy (non-hydrogen) atoms. The fourth-order valence-corrected chi connectivity index (χ4v) is 3.33. The molecule has 0 fully saturated rings. The molecule has 0 heterocycles. The van der Waals surface area contributed by atoms with Crippen molar-refractivity contribution in [2.75, 3.05) is 13.2 Å². The first-order chi connectivity index (χ1) is 12.5. The van der Waals surface area contributed by atoms with E-state index in [1.54, 1.807) is 0 Å². The zero-order chi connectivity index (χ0) is 18.9. The van der Waals surface area contributed by atoms with Gasteiger partial charge in [-0.3, -0.25) is 4.79 Å². The van der Waals surface area contributed by atoms with E-state index in [4.69, 9.17) is 21.1 Å². The van der Waals surface area contributed by atoms with Crippen LogP contribution in [0.25, 0.3) is 0 Å². The molecule has 0 bridgehead atoms. The summed E-state index contributed by atoms with van der Waals surface area (Å²) in [7, 11) is 0. The highest BCUT2D eigenvalue weighted by Gasteiger charge is 2.14. The van der Waals surface area contributed by atoms with Gasteiger partial charge < -0.3 is 14.8 Å². The smallest absolute Gasteiger partial charge is 0.233 e.